The highest BCUT2D eigenvalue weighted by Crippen LogP contribution is 2.43. The van der Waals surface area contributed by atoms with Crippen LogP contribution in [0.1, 0.15) is 83.1 Å². The van der Waals surface area contributed by atoms with Gasteiger partial charge in [-0.2, -0.15) is 0 Å². The van der Waals surface area contributed by atoms with E-state index in [1.165, 1.54) is 0 Å². The molecule has 25 heavy (non-hydrogen) atoms. The van der Waals surface area contributed by atoms with E-state index in [9.17, 15) is 0 Å². The standard InChI is InChI=1S/C20H46O3Si2/c1-15(2)24(16(3)4,17(5)6)22-13-21-14-23-25(18(7)8,19(9)10)20(11)12/h15-20H,13-14H2,1-12H3. The summed E-state index contributed by atoms with van der Waals surface area (Å²) in [5.74, 6) is 0. The van der Waals surface area contributed by atoms with E-state index >= 15 is 0 Å². The van der Waals surface area contributed by atoms with Gasteiger partial charge in [-0.1, -0.05) is 83.1 Å². The molecule has 0 bridgehead atoms. The van der Waals surface area contributed by atoms with Crippen molar-refractivity contribution >= 4 is 16.6 Å². The topological polar surface area (TPSA) is 27.7 Å². The van der Waals surface area contributed by atoms with Gasteiger partial charge in [-0.3, -0.25) is 0 Å². The molecule has 0 N–H and O–H groups in total. The summed E-state index contributed by atoms with van der Waals surface area (Å²) in [7, 11) is -3.72. The van der Waals surface area contributed by atoms with Crippen molar-refractivity contribution in [2.45, 2.75) is 116 Å². The lowest BCUT2D eigenvalue weighted by molar-refractivity contribution is -0.0668. The van der Waals surface area contributed by atoms with E-state index in [1.807, 2.05) is 0 Å². The quantitative estimate of drug-likeness (QED) is 0.199. The maximum Gasteiger partial charge on any atom is 0.203 e. The molecule has 0 atom stereocenters. The molecule has 0 aromatic carbocycles. The van der Waals surface area contributed by atoms with Crippen molar-refractivity contribution < 1.29 is 13.6 Å². The first-order valence-electron chi connectivity index (χ1n) is 10.2. The van der Waals surface area contributed by atoms with Gasteiger partial charge in [-0.15, -0.1) is 0 Å². The molecule has 152 valence electrons. The van der Waals surface area contributed by atoms with Crippen molar-refractivity contribution in [3.63, 3.8) is 0 Å². The van der Waals surface area contributed by atoms with Gasteiger partial charge in [0.05, 0.1) is 0 Å². The molecule has 0 heterocycles. The predicted molar refractivity (Wildman–Crippen MR) is 115 cm³/mol. The highest BCUT2D eigenvalue weighted by atomic mass is 28.4. The van der Waals surface area contributed by atoms with Gasteiger partial charge in [0.2, 0.25) is 16.6 Å². The van der Waals surface area contributed by atoms with Crippen LogP contribution >= 0.6 is 0 Å². The average molecular weight is 391 g/mol. The van der Waals surface area contributed by atoms with Crippen molar-refractivity contribution in [1.29, 1.82) is 0 Å². The lowest BCUT2D eigenvalue weighted by atomic mass is 10.5. The highest BCUT2D eigenvalue weighted by molar-refractivity contribution is 6.78. The van der Waals surface area contributed by atoms with Crippen LogP contribution in [0.25, 0.3) is 0 Å². The van der Waals surface area contributed by atoms with Gasteiger partial charge in [0, 0.05) is 0 Å². The molecule has 0 aromatic heterocycles. The maximum atomic E-state index is 6.46. The summed E-state index contributed by atoms with van der Waals surface area (Å²) >= 11 is 0. The zero-order valence-corrected chi connectivity index (χ0v) is 21.1. The lowest BCUT2D eigenvalue weighted by Gasteiger charge is -2.43. The summed E-state index contributed by atoms with van der Waals surface area (Å²) in [6.45, 7) is 28.4. The SMILES string of the molecule is CC(C)[Si](OCOCO[Si](C(C)C)(C(C)C)C(C)C)(C(C)C)C(C)C. The van der Waals surface area contributed by atoms with Gasteiger partial charge in [0.15, 0.2) is 0 Å². The van der Waals surface area contributed by atoms with Gasteiger partial charge in [0.1, 0.15) is 13.6 Å². The predicted octanol–water partition coefficient (Wildman–Crippen LogP) is 7.30. The van der Waals surface area contributed by atoms with Crippen molar-refractivity contribution in [2.24, 2.45) is 0 Å². The molecule has 0 rings (SSSR count). The third-order valence-electron chi connectivity index (χ3n) is 6.20. The Morgan fingerprint density at radius 3 is 0.800 bits per heavy atom. The Kier molecular flexibility index (Phi) is 10.7. The van der Waals surface area contributed by atoms with Crippen molar-refractivity contribution in [3.05, 3.63) is 0 Å². The van der Waals surface area contributed by atoms with Crippen LogP contribution in [0, 0.1) is 0 Å². The molecule has 0 aromatic rings. The van der Waals surface area contributed by atoms with Crippen LogP contribution in [0.5, 0.6) is 0 Å². The Balaban J connectivity index is 4.85. The Labute approximate surface area is 160 Å². The van der Waals surface area contributed by atoms with Crippen LogP contribution in [-0.2, 0) is 13.6 Å². The number of rotatable bonds is 12. The van der Waals surface area contributed by atoms with E-state index in [0.29, 0.717) is 46.8 Å². The first-order chi connectivity index (χ1) is 11.4. The van der Waals surface area contributed by atoms with E-state index < -0.39 is 16.6 Å². The van der Waals surface area contributed by atoms with Crippen LogP contribution < -0.4 is 0 Å². The molecule has 0 saturated carbocycles. The molecule has 0 aliphatic carbocycles. The summed E-state index contributed by atoms with van der Waals surface area (Å²) < 4.78 is 18.8. The van der Waals surface area contributed by atoms with E-state index in [1.54, 1.807) is 0 Å². The van der Waals surface area contributed by atoms with E-state index in [-0.39, 0.29) is 0 Å². The van der Waals surface area contributed by atoms with E-state index in [0.717, 1.165) is 0 Å². The average Bonchev–Trinajstić information content (AvgIpc) is 2.44. The molecule has 3 nitrogen and oxygen atoms in total. The summed E-state index contributed by atoms with van der Waals surface area (Å²) in [4.78, 5) is 0. The fourth-order valence-electron chi connectivity index (χ4n) is 5.32. The monoisotopic (exact) mass is 390 g/mol. The number of ether oxygens (including phenoxy) is 1. The minimum Gasteiger partial charge on any atom is -0.394 e. The minimum absolute atomic E-state index is 0.361. The van der Waals surface area contributed by atoms with Crippen LogP contribution in [0.2, 0.25) is 33.2 Å². The third-order valence-corrected chi connectivity index (χ3v) is 18.3. The molecule has 5 heteroatoms. The Bertz CT molecular complexity index is 288. The van der Waals surface area contributed by atoms with Crippen LogP contribution in [0.3, 0.4) is 0 Å². The van der Waals surface area contributed by atoms with Crippen molar-refractivity contribution in [2.75, 3.05) is 13.6 Å². The molecular weight excluding hydrogens is 344 g/mol. The van der Waals surface area contributed by atoms with Gasteiger partial charge < -0.3 is 13.6 Å². The Morgan fingerprint density at radius 1 is 0.440 bits per heavy atom. The minimum atomic E-state index is -1.86. The first-order valence-corrected chi connectivity index (χ1v) is 14.5. The fraction of sp³-hybridized carbons (Fsp3) is 1.00. The summed E-state index contributed by atoms with van der Waals surface area (Å²) in [5, 5.41) is 0. The normalized spacial score (nSPS) is 14.2. The largest absolute Gasteiger partial charge is 0.394 e. The van der Waals surface area contributed by atoms with Gasteiger partial charge in [-0.05, 0) is 33.2 Å². The molecule has 0 amide bonds. The van der Waals surface area contributed by atoms with Crippen LogP contribution in [0.4, 0.5) is 0 Å². The zero-order valence-electron chi connectivity index (χ0n) is 19.1. The highest BCUT2D eigenvalue weighted by Gasteiger charge is 2.46. The second-order valence-corrected chi connectivity index (χ2v) is 20.3. The third kappa shape index (κ3) is 5.64. The molecule has 0 unspecified atom stereocenters. The van der Waals surface area contributed by atoms with Crippen molar-refractivity contribution in [3.8, 4) is 0 Å². The molecule has 0 saturated heterocycles. The molecular formula is C20H46O3Si2. The molecule has 0 fully saturated rings. The van der Waals surface area contributed by atoms with Crippen LogP contribution in [0.15, 0.2) is 0 Å². The molecule has 0 spiro atoms. The zero-order chi connectivity index (χ0) is 20.0. The van der Waals surface area contributed by atoms with E-state index in [2.05, 4.69) is 83.1 Å². The fourth-order valence-corrected chi connectivity index (χ4v) is 15.9. The van der Waals surface area contributed by atoms with Crippen molar-refractivity contribution in [1.82, 2.24) is 0 Å². The smallest absolute Gasteiger partial charge is 0.203 e. The second kappa shape index (κ2) is 10.6. The summed E-state index contributed by atoms with van der Waals surface area (Å²) in [6.07, 6.45) is 0. The summed E-state index contributed by atoms with van der Waals surface area (Å²) in [5.41, 5.74) is 3.46. The molecule has 0 radical (unpaired) electrons. The Hall–Kier alpha value is 0.314. The second-order valence-electron chi connectivity index (χ2n) is 9.36. The lowest BCUT2D eigenvalue weighted by Crippen LogP contribution is -2.49. The molecule has 0 aliphatic rings. The number of hydrogen-bond donors (Lipinski definition) is 0. The van der Waals surface area contributed by atoms with Gasteiger partial charge in [-0.25, -0.2) is 0 Å². The molecule has 0 aliphatic heterocycles. The Morgan fingerprint density at radius 2 is 0.640 bits per heavy atom. The summed E-state index contributed by atoms with van der Waals surface area (Å²) in [6, 6.07) is 0. The van der Waals surface area contributed by atoms with Gasteiger partial charge >= 0.3 is 0 Å². The first kappa shape index (κ1) is 25.3. The maximum absolute atomic E-state index is 6.46. The van der Waals surface area contributed by atoms with Crippen LogP contribution in [-0.4, -0.2) is 30.2 Å². The number of hydrogen-bond acceptors (Lipinski definition) is 3. The van der Waals surface area contributed by atoms with Gasteiger partial charge in [0.25, 0.3) is 0 Å². The van der Waals surface area contributed by atoms with E-state index in [4.69, 9.17) is 13.6 Å².